The minimum absolute atomic E-state index is 0.00498. The molecule has 2 N–H and O–H groups in total. The lowest BCUT2D eigenvalue weighted by atomic mass is 10.1. The van der Waals surface area contributed by atoms with Crippen LogP contribution in [0.5, 0.6) is 5.75 Å². The molecule has 0 radical (unpaired) electrons. The standard InChI is InChI=1S/C17H13ClF3NO4/c1-9-5-6-10(7-13(9)23)16(25)26-8-14(24)22-15-11(17(19,20)21)3-2-4-12(15)18/h2-7,23H,8H2,1H3,(H,22,24). The zero-order valence-corrected chi connectivity index (χ0v) is 14.1. The molecule has 0 aliphatic carbocycles. The molecule has 1 amide bonds. The number of halogens is 4. The second kappa shape index (κ2) is 7.65. The first-order chi connectivity index (χ1) is 12.1. The lowest BCUT2D eigenvalue weighted by Crippen LogP contribution is -2.23. The highest BCUT2D eigenvalue weighted by molar-refractivity contribution is 6.34. The van der Waals surface area contributed by atoms with E-state index in [0.717, 1.165) is 18.2 Å². The summed E-state index contributed by atoms with van der Waals surface area (Å²) in [6.07, 6.45) is -4.72. The Labute approximate surface area is 151 Å². The summed E-state index contributed by atoms with van der Waals surface area (Å²) in [5, 5.41) is 11.2. The molecular formula is C17H13ClF3NO4. The van der Waals surface area contributed by atoms with Crippen LogP contribution in [0, 0.1) is 6.92 Å². The fraction of sp³-hybridized carbons (Fsp3) is 0.176. The van der Waals surface area contributed by atoms with Crippen LogP contribution in [0.2, 0.25) is 5.02 Å². The average Bonchev–Trinajstić information content (AvgIpc) is 2.56. The molecule has 0 heterocycles. The normalized spacial score (nSPS) is 11.1. The fourth-order valence-electron chi connectivity index (χ4n) is 2.01. The summed E-state index contributed by atoms with van der Waals surface area (Å²) >= 11 is 5.72. The maximum atomic E-state index is 13.0. The second-order valence-electron chi connectivity index (χ2n) is 5.29. The van der Waals surface area contributed by atoms with Gasteiger partial charge in [-0.2, -0.15) is 13.2 Å². The number of phenolic OH excluding ortho intramolecular Hbond substituents is 1. The Kier molecular flexibility index (Phi) is 5.76. The van der Waals surface area contributed by atoms with Crippen molar-refractivity contribution in [2.24, 2.45) is 0 Å². The van der Waals surface area contributed by atoms with E-state index in [-0.39, 0.29) is 16.3 Å². The monoisotopic (exact) mass is 387 g/mol. The lowest BCUT2D eigenvalue weighted by molar-refractivity contribution is -0.137. The van der Waals surface area contributed by atoms with Crippen LogP contribution in [0.25, 0.3) is 0 Å². The average molecular weight is 388 g/mol. The predicted molar refractivity (Wildman–Crippen MR) is 88.2 cm³/mol. The number of aromatic hydroxyl groups is 1. The number of carbonyl (C=O) groups excluding carboxylic acids is 2. The summed E-state index contributed by atoms with van der Waals surface area (Å²) in [6.45, 7) is 0.801. The van der Waals surface area contributed by atoms with Crippen molar-refractivity contribution in [1.82, 2.24) is 0 Å². The molecule has 2 aromatic carbocycles. The largest absolute Gasteiger partial charge is 0.508 e. The van der Waals surface area contributed by atoms with E-state index < -0.39 is 35.9 Å². The van der Waals surface area contributed by atoms with Crippen LogP contribution in [0.4, 0.5) is 18.9 Å². The quantitative estimate of drug-likeness (QED) is 0.772. The summed E-state index contributed by atoms with van der Waals surface area (Å²) in [6, 6.07) is 7.07. The summed E-state index contributed by atoms with van der Waals surface area (Å²) < 4.78 is 43.6. The molecule has 0 spiro atoms. The van der Waals surface area contributed by atoms with Gasteiger partial charge in [0.1, 0.15) is 5.75 Å². The third-order valence-electron chi connectivity index (χ3n) is 3.36. The minimum Gasteiger partial charge on any atom is -0.508 e. The van der Waals surface area contributed by atoms with Gasteiger partial charge in [-0.1, -0.05) is 23.7 Å². The number of rotatable bonds is 4. The van der Waals surface area contributed by atoms with E-state index in [4.69, 9.17) is 16.3 Å². The van der Waals surface area contributed by atoms with Crippen molar-refractivity contribution in [2.45, 2.75) is 13.1 Å². The summed E-state index contributed by atoms with van der Waals surface area (Å²) in [5.74, 6) is -2.03. The number of anilines is 1. The Morgan fingerprint density at radius 2 is 1.92 bits per heavy atom. The van der Waals surface area contributed by atoms with Gasteiger partial charge < -0.3 is 15.2 Å². The first kappa shape index (κ1) is 19.6. The number of alkyl halides is 3. The van der Waals surface area contributed by atoms with E-state index in [2.05, 4.69) is 0 Å². The Hall–Kier alpha value is -2.74. The van der Waals surface area contributed by atoms with Gasteiger partial charge >= 0.3 is 12.1 Å². The maximum Gasteiger partial charge on any atom is 0.418 e. The number of esters is 1. The molecule has 0 aromatic heterocycles. The van der Waals surface area contributed by atoms with Crippen LogP contribution in [-0.4, -0.2) is 23.6 Å². The van der Waals surface area contributed by atoms with Gasteiger partial charge in [0, 0.05) is 0 Å². The SMILES string of the molecule is Cc1ccc(C(=O)OCC(=O)Nc2c(Cl)cccc2C(F)(F)F)cc1O. The highest BCUT2D eigenvalue weighted by Crippen LogP contribution is 2.38. The van der Waals surface area contributed by atoms with Crippen LogP contribution in [0.1, 0.15) is 21.5 Å². The van der Waals surface area contributed by atoms with Gasteiger partial charge in [-0.25, -0.2) is 4.79 Å². The Morgan fingerprint density at radius 1 is 1.23 bits per heavy atom. The number of hydrogen-bond donors (Lipinski definition) is 2. The molecule has 9 heteroatoms. The van der Waals surface area contributed by atoms with Crippen molar-refractivity contribution in [2.75, 3.05) is 11.9 Å². The van der Waals surface area contributed by atoms with Crippen molar-refractivity contribution in [3.8, 4) is 5.75 Å². The van der Waals surface area contributed by atoms with Crippen LogP contribution >= 0.6 is 11.6 Å². The molecule has 2 rings (SSSR count). The minimum atomic E-state index is -4.72. The van der Waals surface area contributed by atoms with Crippen molar-refractivity contribution in [1.29, 1.82) is 0 Å². The third-order valence-corrected chi connectivity index (χ3v) is 3.68. The summed E-state index contributed by atoms with van der Waals surface area (Å²) in [7, 11) is 0. The molecule has 5 nitrogen and oxygen atoms in total. The van der Waals surface area contributed by atoms with E-state index in [1.54, 1.807) is 6.92 Å². The molecule has 0 saturated heterocycles. The molecule has 0 unspecified atom stereocenters. The van der Waals surface area contributed by atoms with E-state index in [0.29, 0.717) is 5.56 Å². The van der Waals surface area contributed by atoms with Crippen LogP contribution in [0.3, 0.4) is 0 Å². The number of amides is 1. The number of nitrogens with one attached hydrogen (secondary N) is 1. The molecular weight excluding hydrogens is 375 g/mol. The fourth-order valence-corrected chi connectivity index (χ4v) is 2.24. The number of carbonyl (C=O) groups is 2. The van der Waals surface area contributed by atoms with Crippen LogP contribution in [0.15, 0.2) is 36.4 Å². The van der Waals surface area contributed by atoms with E-state index in [9.17, 15) is 27.9 Å². The number of benzene rings is 2. The first-order valence-electron chi connectivity index (χ1n) is 7.22. The topological polar surface area (TPSA) is 75.6 Å². The van der Waals surface area contributed by atoms with E-state index >= 15 is 0 Å². The Bertz CT molecular complexity index is 852. The molecule has 26 heavy (non-hydrogen) atoms. The molecule has 0 aliphatic heterocycles. The molecule has 0 bridgehead atoms. The van der Waals surface area contributed by atoms with Gasteiger partial charge in [0.05, 0.1) is 21.8 Å². The molecule has 0 aliphatic rings. The van der Waals surface area contributed by atoms with Crippen molar-refractivity contribution in [3.05, 3.63) is 58.1 Å². The first-order valence-corrected chi connectivity index (χ1v) is 7.59. The highest BCUT2D eigenvalue weighted by Gasteiger charge is 2.34. The number of aryl methyl sites for hydroxylation is 1. The maximum absolute atomic E-state index is 13.0. The summed E-state index contributed by atoms with van der Waals surface area (Å²) in [5.41, 5.74) is -1.20. The molecule has 0 fully saturated rings. The van der Waals surface area contributed by atoms with Crippen molar-refractivity contribution >= 4 is 29.2 Å². The zero-order valence-electron chi connectivity index (χ0n) is 13.4. The predicted octanol–water partition coefficient (Wildman–Crippen LogP) is 4.17. The van der Waals surface area contributed by atoms with Gasteiger partial charge in [-0.05, 0) is 36.8 Å². The van der Waals surface area contributed by atoms with Crippen LogP contribution < -0.4 is 5.32 Å². The van der Waals surface area contributed by atoms with Gasteiger partial charge in [0.2, 0.25) is 0 Å². The highest BCUT2D eigenvalue weighted by atomic mass is 35.5. The molecule has 0 atom stereocenters. The third kappa shape index (κ3) is 4.66. The Morgan fingerprint density at radius 3 is 2.54 bits per heavy atom. The lowest BCUT2D eigenvalue weighted by Gasteiger charge is -2.15. The van der Waals surface area contributed by atoms with Gasteiger partial charge in [-0.3, -0.25) is 4.79 Å². The van der Waals surface area contributed by atoms with Gasteiger partial charge in [0.15, 0.2) is 6.61 Å². The molecule has 0 saturated carbocycles. The number of ether oxygens (including phenoxy) is 1. The number of phenols is 1. The molecule has 138 valence electrons. The second-order valence-corrected chi connectivity index (χ2v) is 5.69. The smallest absolute Gasteiger partial charge is 0.418 e. The Balaban J connectivity index is 2.06. The van der Waals surface area contributed by atoms with Crippen molar-refractivity contribution < 1.29 is 32.6 Å². The molecule has 2 aromatic rings. The van der Waals surface area contributed by atoms with Gasteiger partial charge in [-0.15, -0.1) is 0 Å². The number of para-hydroxylation sites is 1. The van der Waals surface area contributed by atoms with Gasteiger partial charge in [0.25, 0.3) is 5.91 Å². The van der Waals surface area contributed by atoms with E-state index in [1.165, 1.54) is 18.2 Å². The number of hydrogen-bond acceptors (Lipinski definition) is 4. The van der Waals surface area contributed by atoms with E-state index in [1.807, 2.05) is 5.32 Å². The van der Waals surface area contributed by atoms with Crippen LogP contribution in [-0.2, 0) is 15.7 Å². The zero-order chi connectivity index (χ0) is 19.5. The summed E-state index contributed by atoms with van der Waals surface area (Å²) in [4.78, 5) is 23.7. The van der Waals surface area contributed by atoms with Crippen molar-refractivity contribution in [3.63, 3.8) is 0 Å².